The van der Waals surface area contributed by atoms with Gasteiger partial charge in [-0.15, -0.1) is 0 Å². The highest BCUT2D eigenvalue weighted by molar-refractivity contribution is 6.27. The van der Waals surface area contributed by atoms with Gasteiger partial charge in [0.15, 0.2) is 0 Å². The Hall–Kier alpha value is -3.34. The normalized spacial score (nSPS) is 13.0. The van der Waals surface area contributed by atoms with Crippen molar-refractivity contribution in [3.8, 4) is 22.6 Å². The van der Waals surface area contributed by atoms with Gasteiger partial charge in [-0.05, 0) is 46.7 Å². The number of hydrogen-bond acceptors (Lipinski definition) is 4. The molecule has 0 bridgehead atoms. The van der Waals surface area contributed by atoms with E-state index in [0.717, 1.165) is 10.9 Å². The summed E-state index contributed by atoms with van der Waals surface area (Å²) in [6.45, 7) is 0. The Balaban J connectivity index is 2.11. The lowest BCUT2D eigenvalue weighted by molar-refractivity contribution is 0.0880. The van der Waals surface area contributed by atoms with Gasteiger partial charge in [-0.3, -0.25) is 14.9 Å². The Kier molecular flexibility index (Phi) is 3.03. The standard InChI is InChI=1S/C19H13NO4/c1-24-13-6-3-10(4-7-13)16-14-9-12(21)5-2-11(14)8-15-17(16)19(23)20-18(15)22/h2-9,21H,1H3,(H,20,22,23). The van der Waals surface area contributed by atoms with Gasteiger partial charge >= 0.3 is 0 Å². The molecule has 1 heterocycles. The van der Waals surface area contributed by atoms with Gasteiger partial charge in [-0.25, -0.2) is 0 Å². The SMILES string of the molecule is COc1ccc(-c2c3c(cc4ccc(O)cc24)C(=O)NC3=O)cc1. The quantitative estimate of drug-likeness (QED) is 0.712. The Bertz CT molecular complexity index is 1010. The average molecular weight is 319 g/mol. The van der Waals surface area contributed by atoms with Crippen molar-refractivity contribution in [3.05, 3.63) is 59.7 Å². The Morgan fingerprint density at radius 1 is 0.917 bits per heavy atom. The van der Waals surface area contributed by atoms with Crippen LogP contribution in [0.5, 0.6) is 11.5 Å². The molecule has 4 rings (SSSR count). The number of carbonyl (C=O) groups is 2. The van der Waals surface area contributed by atoms with Crippen molar-refractivity contribution < 1.29 is 19.4 Å². The van der Waals surface area contributed by atoms with Crippen molar-refractivity contribution in [3.63, 3.8) is 0 Å². The highest BCUT2D eigenvalue weighted by Gasteiger charge is 2.31. The zero-order valence-electron chi connectivity index (χ0n) is 12.8. The number of fused-ring (bicyclic) bond motifs is 2. The van der Waals surface area contributed by atoms with Crippen LogP contribution in [0.25, 0.3) is 21.9 Å². The number of aromatic hydroxyl groups is 1. The van der Waals surface area contributed by atoms with E-state index in [2.05, 4.69) is 5.32 Å². The summed E-state index contributed by atoms with van der Waals surface area (Å²) in [6.07, 6.45) is 0. The van der Waals surface area contributed by atoms with E-state index in [9.17, 15) is 14.7 Å². The molecular formula is C19H13NO4. The molecule has 0 unspecified atom stereocenters. The zero-order chi connectivity index (χ0) is 16.8. The summed E-state index contributed by atoms with van der Waals surface area (Å²) < 4.78 is 5.17. The summed E-state index contributed by atoms with van der Waals surface area (Å²) in [5.41, 5.74) is 2.09. The number of hydrogen-bond donors (Lipinski definition) is 2. The van der Waals surface area contributed by atoms with Gasteiger partial charge in [0.25, 0.3) is 11.8 Å². The molecule has 2 amide bonds. The van der Waals surface area contributed by atoms with Crippen molar-refractivity contribution in [2.75, 3.05) is 7.11 Å². The first-order valence-corrected chi connectivity index (χ1v) is 7.38. The second-order valence-electron chi connectivity index (χ2n) is 5.59. The molecule has 2 N–H and O–H groups in total. The largest absolute Gasteiger partial charge is 0.508 e. The predicted octanol–water partition coefficient (Wildman–Crippen LogP) is 3.10. The number of benzene rings is 3. The summed E-state index contributed by atoms with van der Waals surface area (Å²) >= 11 is 0. The third-order valence-electron chi connectivity index (χ3n) is 4.20. The van der Waals surface area contributed by atoms with Crippen LogP contribution in [0.3, 0.4) is 0 Å². The van der Waals surface area contributed by atoms with Gasteiger partial charge in [-0.2, -0.15) is 0 Å². The number of rotatable bonds is 2. The fourth-order valence-corrected chi connectivity index (χ4v) is 3.09. The number of nitrogens with one attached hydrogen (secondary N) is 1. The Morgan fingerprint density at radius 3 is 2.38 bits per heavy atom. The van der Waals surface area contributed by atoms with Crippen LogP contribution in [0.15, 0.2) is 48.5 Å². The molecule has 0 aliphatic carbocycles. The second-order valence-corrected chi connectivity index (χ2v) is 5.59. The maximum absolute atomic E-state index is 12.3. The van der Waals surface area contributed by atoms with Crippen molar-refractivity contribution in [2.45, 2.75) is 0 Å². The molecule has 0 fully saturated rings. The van der Waals surface area contributed by atoms with Gasteiger partial charge in [0.1, 0.15) is 11.5 Å². The van der Waals surface area contributed by atoms with Crippen LogP contribution in [0.1, 0.15) is 20.7 Å². The van der Waals surface area contributed by atoms with Crippen molar-refractivity contribution in [1.29, 1.82) is 0 Å². The van der Waals surface area contributed by atoms with E-state index < -0.39 is 11.8 Å². The lowest BCUT2D eigenvalue weighted by Crippen LogP contribution is -2.20. The monoisotopic (exact) mass is 319 g/mol. The van der Waals surface area contributed by atoms with Crippen molar-refractivity contribution in [1.82, 2.24) is 5.32 Å². The van der Waals surface area contributed by atoms with Crippen molar-refractivity contribution >= 4 is 22.6 Å². The topological polar surface area (TPSA) is 75.6 Å². The molecule has 5 nitrogen and oxygen atoms in total. The zero-order valence-corrected chi connectivity index (χ0v) is 12.8. The molecule has 0 radical (unpaired) electrons. The number of imide groups is 1. The predicted molar refractivity (Wildman–Crippen MR) is 89.4 cm³/mol. The van der Waals surface area contributed by atoms with Gasteiger partial charge in [0.05, 0.1) is 18.2 Å². The fourth-order valence-electron chi connectivity index (χ4n) is 3.09. The summed E-state index contributed by atoms with van der Waals surface area (Å²) in [4.78, 5) is 24.4. The molecule has 0 aromatic heterocycles. The maximum atomic E-state index is 12.3. The molecule has 0 saturated heterocycles. The van der Waals surface area contributed by atoms with Crippen LogP contribution in [-0.2, 0) is 0 Å². The summed E-state index contributed by atoms with van der Waals surface area (Å²) in [7, 11) is 1.58. The molecule has 0 atom stereocenters. The first-order chi connectivity index (χ1) is 11.6. The molecule has 24 heavy (non-hydrogen) atoms. The molecule has 0 spiro atoms. The van der Waals surface area contributed by atoms with Gasteiger partial charge in [-0.1, -0.05) is 18.2 Å². The van der Waals surface area contributed by atoms with E-state index in [1.54, 1.807) is 43.5 Å². The van der Waals surface area contributed by atoms with E-state index in [1.807, 2.05) is 12.1 Å². The number of methoxy groups -OCH3 is 1. The van der Waals surface area contributed by atoms with Crippen LogP contribution in [0, 0.1) is 0 Å². The van der Waals surface area contributed by atoms with Crippen molar-refractivity contribution in [2.24, 2.45) is 0 Å². The van der Waals surface area contributed by atoms with E-state index in [-0.39, 0.29) is 5.75 Å². The average Bonchev–Trinajstić information content (AvgIpc) is 2.87. The smallest absolute Gasteiger partial charge is 0.259 e. The first kappa shape index (κ1) is 14.3. The van der Waals surface area contributed by atoms with E-state index in [1.165, 1.54) is 0 Å². The number of phenolic OH excluding ortho intramolecular Hbond substituents is 1. The number of carbonyl (C=O) groups excluding carboxylic acids is 2. The van der Waals surface area contributed by atoms with Crippen LogP contribution in [0.2, 0.25) is 0 Å². The highest BCUT2D eigenvalue weighted by Crippen LogP contribution is 2.38. The minimum Gasteiger partial charge on any atom is -0.508 e. The second kappa shape index (κ2) is 5.09. The molecule has 0 saturated carbocycles. The van der Waals surface area contributed by atoms with Gasteiger partial charge in [0, 0.05) is 5.56 Å². The molecular weight excluding hydrogens is 306 g/mol. The number of phenols is 1. The molecule has 5 heteroatoms. The first-order valence-electron chi connectivity index (χ1n) is 7.38. The lowest BCUT2D eigenvalue weighted by atomic mass is 9.90. The third kappa shape index (κ3) is 2.02. The van der Waals surface area contributed by atoms with E-state index >= 15 is 0 Å². The van der Waals surface area contributed by atoms with Gasteiger partial charge in [0.2, 0.25) is 0 Å². The van der Waals surface area contributed by atoms with E-state index in [4.69, 9.17) is 4.74 Å². The maximum Gasteiger partial charge on any atom is 0.259 e. The lowest BCUT2D eigenvalue weighted by Gasteiger charge is -2.12. The Morgan fingerprint density at radius 2 is 1.67 bits per heavy atom. The molecule has 3 aromatic carbocycles. The minimum atomic E-state index is -0.425. The highest BCUT2D eigenvalue weighted by atomic mass is 16.5. The third-order valence-corrected chi connectivity index (χ3v) is 4.20. The summed E-state index contributed by atoms with van der Waals surface area (Å²) in [6, 6.07) is 13.8. The molecule has 118 valence electrons. The van der Waals surface area contributed by atoms with Crippen LogP contribution in [-0.4, -0.2) is 24.0 Å². The molecule has 1 aliphatic heterocycles. The Labute approximate surface area is 137 Å². The fraction of sp³-hybridized carbons (Fsp3) is 0.0526. The van der Waals surface area contributed by atoms with E-state index in [0.29, 0.717) is 27.8 Å². The number of ether oxygens (including phenoxy) is 1. The molecule has 3 aromatic rings. The van der Waals surface area contributed by atoms with Gasteiger partial charge < -0.3 is 9.84 Å². The van der Waals surface area contributed by atoms with Crippen LogP contribution in [0.4, 0.5) is 0 Å². The summed E-state index contributed by atoms with van der Waals surface area (Å²) in [5.74, 6) is -0.0354. The van der Waals surface area contributed by atoms with Crippen LogP contribution >= 0.6 is 0 Å². The summed E-state index contributed by atoms with van der Waals surface area (Å²) in [5, 5.41) is 13.7. The minimum absolute atomic E-state index is 0.0990. The molecule has 1 aliphatic rings. The van der Waals surface area contributed by atoms with Crippen LogP contribution < -0.4 is 10.1 Å². The number of amides is 2.